The topological polar surface area (TPSA) is 87.7 Å². The molecule has 2 N–H and O–H groups in total. The summed E-state index contributed by atoms with van der Waals surface area (Å²) in [4.78, 5) is 14.4. The van der Waals surface area contributed by atoms with Gasteiger partial charge in [0.1, 0.15) is 0 Å². The van der Waals surface area contributed by atoms with Gasteiger partial charge in [-0.25, -0.2) is 21.9 Å². The predicted molar refractivity (Wildman–Crippen MR) is 125 cm³/mol. The molecule has 2 fully saturated rings. The summed E-state index contributed by atoms with van der Waals surface area (Å²) in [5.41, 5.74) is -0.0368. The van der Waals surface area contributed by atoms with E-state index in [-0.39, 0.29) is 41.4 Å². The van der Waals surface area contributed by atoms with Crippen molar-refractivity contribution in [1.82, 2.24) is 4.72 Å². The summed E-state index contributed by atoms with van der Waals surface area (Å²) in [5, 5.41) is 2.52. The molecular formula is C23H35F2N3O4S. The minimum Gasteiger partial charge on any atom is -0.372 e. The first kappa shape index (κ1) is 25.8. The molecule has 1 heterocycles. The Labute approximate surface area is 195 Å². The van der Waals surface area contributed by atoms with Crippen molar-refractivity contribution in [2.24, 2.45) is 5.92 Å². The van der Waals surface area contributed by atoms with E-state index in [1.807, 2.05) is 13.8 Å². The highest BCUT2D eigenvalue weighted by Gasteiger charge is 2.34. The molecule has 0 spiro atoms. The third kappa shape index (κ3) is 6.02. The Hall–Kier alpha value is -1.78. The second kappa shape index (κ2) is 9.84. The predicted octanol–water partition coefficient (Wildman–Crippen LogP) is 3.79. The van der Waals surface area contributed by atoms with Crippen LogP contribution in [0, 0.1) is 17.6 Å². The van der Waals surface area contributed by atoms with Crippen LogP contribution in [0.4, 0.5) is 20.2 Å². The lowest BCUT2D eigenvalue weighted by Gasteiger charge is -2.37. The van der Waals surface area contributed by atoms with E-state index in [9.17, 15) is 22.0 Å². The molecule has 33 heavy (non-hydrogen) atoms. The molecule has 1 aliphatic carbocycles. The van der Waals surface area contributed by atoms with Gasteiger partial charge in [0.25, 0.3) is 0 Å². The zero-order valence-electron chi connectivity index (χ0n) is 20.0. The number of benzene rings is 1. The first-order chi connectivity index (χ1) is 15.3. The first-order valence-electron chi connectivity index (χ1n) is 11.5. The van der Waals surface area contributed by atoms with Crippen LogP contribution in [-0.4, -0.2) is 50.4 Å². The van der Waals surface area contributed by atoms with Crippen LogP contribution in [0.2, 0.25) is 0 Å². The van der Waals surface area contributed by atoms with Crippen molar-refractivity contribution < 1.29 is 26.7 Å². The molecule has 1 aromatic carbocycles. The van der Waals surface area contributed by atoms with E-state index in [4.69, 9.17) is 4.74 Å². The largest absolute Gasteiger partial charge is 0.372 e. The van der Waals surface area contributed by atoms with Crippen LogP contribution in [0.15, 0.2) is 12.1 Å². The first-order valence-corrected chi connectivity index (χ1v) is 13.0. The van der Waals surface area contributed by atoms with Crippen molar-refractivity contribution in [3.63, 3.8) is 0 Å². The third-order valence-electron chi connectivity index (χ3n) is 6.31. The second-order valence-electron chi connectivity index (χ2n) is 10.2. The number of nitrogens with one attached hydrogen (secondary N) is 2. The Morgan fingerprint density at radius 1 is 1.03 bits per heavy atom. The number of sulfonamides is 1. The highest BCUT2D eigenvalue weighted by Crippen LogP contribution is 2.31. The number of carbonyl (C=O) groups is 1. The maximum absolute atomic E-state index is 14.8. The van der Waals surface area contributed by atoms with Gasteiger partial charge in [0.05, 0.1) is 28.3 Å². The Morgan fingerprint density at radius 3 is 2.15 bits per heavy atom. The van der Waals surface area contributed by atoms with Gasteiger partial charge in [-0.05, 0) is 72.4 Å². The fourth-order valence-electron chi connectivity index (χ4n) is 4.36. The summed E-state index contributed by atoms with van der Waals surface area (Å²) in [5.74, 6) is -2.84. The molecule has 0 unspecified atom stereocenters. The summed E-state index contributed by atoms with van der Waals surface area (Å²) in [6, 6.07) is 2.64. The summed E-state index contributed by atoms with van der Waals surface area (Å²) < 4.78 is 61.8. The van der Waals surface area contributed by atoms with Crippen molar-refractivity contribution in [2.45, 2.75) is 83.3 Å². The highest BCUT2D eigenvalue weighted by atomic mass is 32.2. The van der Waals surface area contributed by atoms with Gasteiger partial charge >= 0.3 is 0 Å². The SMILES string of the molecule is C[C@@H]1CN(c2ccc(NC(=O)[C@H]3CC[C@H](NS(=O)(=O)C(C)(C)C)CC3)c(F)c2F)C[C@H](C)O1. The van der Waals surface area contributed by atoms with Crippen molar-refractivity contribution in [3.05, 3.63) is 23.8 Å². The fraction of sp³-hybridized carbons (Fsp3) is 0.696. The van der Waals surface area contributed by atoms with Crippen LogP contribution < -0.4 is 14.9 Å². The molecular weight excluding hydrogens is 452 g/mol. The molecule has 0 bridgehead atoms. The normalized spacial score (nSPS) is 26.8. The smallest absolute Gasteiger partial charge is 0.227 e. The summed E-state index contributed by atoms with van der Waals surface area (Å²) in [7, 11) is -3.47. The Kier molecular flexibility index (Phi) is 7.70. The van der Waals surface area contributed by atoms with Crippen molar-refractivity contribution in [2.75, 3.05) is 23.3 Å². The molecule has 0 aromatic heterocycles. The van der Waals surface area contributed by atoms with Crippen molar-refractivity contribution in [3.8, 4) is 0 Å². The van der Waals surface area contributed by atoms with Gasteiger partial charge in [-0.3, -0.25) is 4.79 Å². The lowest BCUT2D eigenvalue weighted by Crippen LogP contribution is -2.46. The maximum Gasteiger partial charge on any atom is 0.227 e. The number of carbonyl (C=O) groups excluding carboxylic acids is 1. The summed E-state index contributed by atoms with van der Waals surface area (Å²) in [6.07, 6.45) is 1.76. The van der Waals surface area contributed by atoms with E-state index in [2.05, 4.69) is 10.0 Å². The molecule has 1 saturated carbocycles. The lowest BCUT2D eigenvalue weighted by molar-refractivity contribution is -0.120. The molecule has 2 atom stereocenters. The van der Waals surface area contributed by atoms with E-state index in [1.165, 1.54) is 12.1 Å². The fourth-order valence-corrected chi connectivity index (χ4v) is 5.39. The number of ether oxygens (including phenoxy) is 1. The average molecular weight is 488 g/mol. The average Bonchev–Trinajstić information content (AvgIpc) is 2.70. The van der Waals surface area contributed by atoms with E-state index < -0.39 is 26.4 Å². The van der Waals surface area contributed by atoms with Gasteiger partial charge in [-0.15, -0.1) is 0 Å². The molecule has 186 valence electrons. The number of hydrogen-bond donors (Lipinski definition) is 2. The van der Waals surface area contributed by atoms with Crippen LogP contribution >= 0.6 is 0 Å². The highest BCUT2D eigenvalue weighted by molar-refractivity contribution is 7.90. The Balaban J connectivity index is 1.60. The molecule has 0 radical (unpaired) electrons. The van der Waals surface area contributed by atoms with Crippen molar-refractivity contribution >= 4 is 27.3 Å². The van der Waals surface area contributed by atoms with Gasteiger partial charge in [-0.1, -0.05) is 0 Å². The maximum atomic E-state index is 14.8. The molecule has 1 saturated heterocycles. The van der Waals surface area contributed by atoms with Crippen molar-refractivity contribution in [1.29, 1.82) is 0 Å². The molecule has 1 aliphatic heterocycles. The Morgan fingerprint density at radius 2 is 1.61 bits per heavy atom. The zero-order valence-corrected chi connectivity index (χ0v) is 20.8. The van der Waals surface area contributed by atoms with Gasteiger partial charge < -0.3 is 15.0 Å². The molecule has 2 aliphatic rings. The van der Waals surface area contributed by atoms with E-state index in [0.29, 0.717) is 38.8 Å². The number of nitrogens with zero attached hydrogens (tertiary/aromatic N) is 1. The standard InChI is InChI=1S/C23H35F2N3O4S/c1-14-12-28(13-15(2)32-14)19-11-10-18(20(24)21(19)25)26-22(29)16-6-8-17(9-7-16)27-33(30,31)23(3,4)5/h10-11,14-17,27H,6-9,12-13H2,1-5H3,(H,26,29)/t14-,15+,16-,17-. The number of morpholine rings is 1. The van der Waals surface area contributed by atoms with Gasteiger partial charge in [-0.2, -0.15) is 0 Å². The number of anilines is 2. The minimum atomic E-state index is -3.47. The van der Waals surface area contributed by atoms with Gasteiger partial charge in [0.2, 0.25) is 15.9 Å². The Bertz CT molecular complexity index is 963. The number of halogens is 2. The van der Waals surface area contributed by atoms with E-state index in [1.54, 1.807) is 25.7 Å². The van der Waals surface area contributed by atoms with Gasteiger partial charge in [0.15, 0.2) is 11.6 Å². The molecule has 1 aromatic rings. The van der Waals surface area contributed by atoms with Crippen LogP contribution in [0.1, 0.15) is 60.3 Å². The summed E-state index contributed by atoms with van der Waals surface area (Å²) in [6.45, 7) is 9.57. The second-order valence-corrected chi connectivity index (χ2v) is 12.7. The zero-order chi connectivity index (χ0) is 24.6. The number of rotatable bonds is 5. The van der Waals surface area contributed by atoms with Crippen LogP contribution in [0.3, 0.4) is 0 Å². The quantitative estimate of drug-likeness (QED) is 0.660. The molecule has 1 amide bonds. The van der Waals surface area contributed by atoms with Gasteiger partial charge in [0, 0.05) is 25.0 Å². The number of amides is 1. The lowest BCUT2D eigenvalue weighted by atomic mass is 9.86. The van der Waals surface area contributed by atoms with Crippen LogP contribution in [0.5, 0.6) is 0 Å². The van der Waals surface area contributed by atoms with E-state index in [0.717, 1.165) is 0 Å². The minimum absolute atomic E-state index is 0.0985. The molecule has 7 nitrogen and oxygen atoms in total. The van der Waals surface area contributed by atoms with Crippen LogP contribution in [-0.2, 0) is 19.6 Å². The van der Waals surface area contributed by atoms with Crippen LogP contribution in [0.25, 0.3) is 0 Å². The third-order valence-corrected chi connectivity index (χ3v) is 8.56. The molecule has 3 rings (SSSR count). The monoisotopic (exact) mass is 487 g/mol. The molecule has 10 heteroatoms. The van der Waals surface area contributed by atoms with E-state index >= 15 is 0 Å². The summed E-state index contributed by atoms with van der Waals surface area (Å²) >= 11 is 0. The number of hydrogen-bond acceptors (Lipinski definition) is 5.